The van der Waals surface area contributed by atoms with Gasteiger partial charge in [-0.15, -0.1) is 0 Å². The normalized spacial score (nSPS) is 9.79. The van der Waals surface area contributed by atoms with Crippen LogP contribution in [0.2, 0.25) is 0 Å². The molecule has 1 N–H and O–H groups in total. The van der Waals surface area contributed by atoms with Gasteiger partial charge in [-0.1, -0.05) is 6.58 Å². The maximum atomic E-state index is 11.4. The van der Waals surface area contributed by atoms with Crippen molar-refractivity contribution in [1.29, 1.82) is 0 Å². The summed E-state index contributed by atoms with van der Waals surface area (Å²) in [6, 6.07) is 2.10. The van der Waals surface area contributed by atoms with Crippen LogP contribution in [0.5, 0.6) is 11.5 Å². The lowest BCUT2D eigenvalue weighted by Crippen LogP contribution is -2.05. The molecule has 102 valence electrons. The lowest BCUT2D eigenvalue weighted by atomic mass is 10.1. The molecule has 0 atom stereocenters. The molecule has 0 aliphatic carbocycles. The smallest absolute Gasteiger partial charge is 0.338 e. The quantitative estimate of drug-likeness (QED) is 0.379. The molecule has 0 heterocycles. The minimum absolute atomic E-state index is 0.0648. The van der Waals surface area contributed by atoms with E-state index in [0.717, 1.165) is 13.2 Å². The Kier molecular flexibility index (Phi) is 4.46. The second-order valence-corrected chi connectivity index (χ2v) is 3.84. The second-order valence-electron chi connectivity index (χ2n) is 3.84. The molecule has 1 aromatic rings. The van der Waals surface area contributed by atoms with E-state index in [1.54, 1.807) is 6.92 Å². The molecular formula is C12H13NO6. The van der Waals surface area contributed by atoms with Crippen molar-refractivity contribution in [3.05, 3.63) is 40.0 Å². The maximum Gasteiger partial charge on any atom is 0.338 e. The summed E-state index contributed by atoms with van der Waals surface area (Å²) in [5.41, 5.74) is -0.0474. The standard InChI is InChI=1S/C12H13NO6/c1-7(2)6-19-10-5-8(12(15)18-3)4-9(11(10)14)13(16)17/h4-5,14H,1,6H2,2-3H3. The Morgan fingerprint density at radius 3 is 2.63 bits per heavy atom. The third kappa shape index (κ3) is 3.44. The van der Waals surface area contributed by atoms with Crippen molar-refractivity contribution in [3.63, 3.8) is 0 Å². The molecule has 7 nitrogen and oxygen atoms in total. The van der Waals surface area contributed by atoms with Crippen molar-refractivity contribution in [1.82, 2.24) is 0 Å². The lowest BCUT2D eigenvalue weighted by molar-refractivity contribution is -0.386. The number of nitro benzene ring substituents is 1. The fourth-order valence-electron chi connectivity index (χ4n) is 1.28. The van der Waals surface area contributed by atoms with Crippen LogP contribution in [-0.4, -0.2) is 29.7 Å². The number of benzene rings is 1. The highest BCUT2D eigenvalue weighted by Gasteiger charge is 2.23. The van der Waals surface area contributed by atoms with Gasteiger partial charge in [0.1, 0.15) is 6.61 Å². The predicted molar refractivity (Wildman–Crippen MR) is 66.4 cm³/mol. The van der Waals surface area contributed by atoms with Crippen molar-refractivity contribution in [2.45, 2.75) is 6.92 Å². The van der Waals surface area contributed by atoms with E-state index < -0.39 is 22.3 Å². The van der Waals surface area contributed by atoms with Gasteiger partial charge in [-0.25, -0.2) is 4.79 Å². The first-order chi connectivity index (χ1) is 8.86. The third-order valence-electron chi connectivity index (χ3n) is 2.15. The van der Waals surface area contributed by atoms with Crippen molar-refractivity contribution < 1.29 is 24.3 Å². The fourth-order valence-corrected chi connectivity index (χ4v) is 1.28. The number of aromatic hydroxyl groups is 1. The van der Waals surface area contributed by atoms with Crippen molar-refractivity contribution in [2.75, 3.05) is 13.7 Å². The Morgan fingerprint density at radius 2 is 2.16 bits per heavy atom. The number of phenols is 1. The molecule has 19 heavy (non-hydrogen) atoms. The summed E-state index contributed by atoms with van der Waals surface area (Å²) in [4.78, 5) is 21.4. The van der Waals surface area contributed by atoms with E-state index in [-0.39, 0.29) is 17.9 Å². The molecule has 0 aromatic heterocycles. The van der Waals surface area contributed by atoms with Crippen LogP contribution >= 0.6 is 0 Å². The summed E-state index contributed by atoms with van der Waals surface area (Å²) in [6.07, 6.45) is 0. The van der Waals surface area contributed by atoms with Gasteiger partial charge < -0.3 is 14.6 Å². The lowest BCUT2D eigenvalue weighted by Gasteiger charge is -2.09. The predicted octanol–water partition coefficient (Wildman–Crippen LogP) is 2.04. The number of hydrogen-bond acceptors (Lipinski definition) is 6. The Bertz CT molecular complexity index is 537. The minimum Gasteiger partial charge on any atom is -0.500 e. The molecule has 7 heteroatoms. The van der Waals surface area contributed by atoms with Gasteiger partial charge in [0.2, 0.25) is 5.75 Å². The zero-order chi connectivity index (χ0) is 14.6. The average molecular weight is 267 g/mol. The largest absolute Gasteiger partial charge is 0.500 e. The van der Waals surface area contributed by atoms with E-state index in [2.05, 4.69) is 11.3 Å². The minimum atomic E-state index is -0.810. The topological polar surface area (TPSA) is 98.9 Å². The molecule has 1 aromatic carbocycles. The van der Waals surface area contributed by atoms with E-state index in [0.29, 0.717) is 5.57 Å². The van der Waals surface area contributed by atoms with Gasteiger partial charge in [-0.3, -0.25) is 10.1 Å². The fraction of sp³-hybridized carbons (Fsp3) is 0.250. The van der Waals surface area contributed by atoms with Gasteiger partial charge in [-0.05, 0) is 18.6 Å². The van der Waals surface area contributed by atoms with Gasteiger partial charge >= 0.3 is 11.7 Å². The van der Waals surface area contributed by atoms with E-state index >= 15 is 0 Å². The molecule has 0 radical (unpaired) electrons. The number of rotatable bonds is 5. The SMILES string of the molecule is C=C(C)COc1cc(C(=O)OC)cc([N+](=O)[O-])c1O. The number of nitrogens with zero attached hydrogens (tertiary/aromatic N) is 1. The molecule has 0 saturated heterocycles. The Labute approximate surface area is 109 Å². The molecular weight excluding hydrogens is 254 g/mol. The van der Waals surface area contributed by atoms with E-state index in [1.165, 1.54) is 6.07 Å². The molecule has 1 rings (SSSR count). The number of ether oxygens (including phenoxy) is 2. The first-order valence-corrected chi connectivity index (χ1v) is 5.23. The molecule has 0 amide bonds. The highest BCUT2D eigenvalue weighted by atomic mass is 16.6. The zero-order valence-corrected chi connectivity index (χ0v) is 10.5. The first-order valence-electron chi connectivity index (χ1n) is 5.23. The van der Waals surface area contributed by atoms with Gasteiger partial charge in [0.05, 0.1) is 17.6 Å². The van der Waals surface area contributed by atoms with Gasteiger partial charge in [0, 0.05) is 6.07 Å². The Morgan fingerprint density at radius 1 is 1.53 bits per heavy atom. The number of methoxy groups -OCH3 is 1. The maximum absolute atomic E-state index is 11.4. The summed E-state index contributed by atoms with van der Waals surface area (Å²) >= 11 is 0. The highest BCUT2D eigenvalue weighted by molar-refractivity contribution is 5.91. The van der Waals surface area contributed by atoms with Gasteiger partial charge in [0.15, 0.2) is 5.75 Å². The van der Waals surface area contributed by atoms with Gasteiger partial charge in [0.25, 0.3) is 0 Å². The first kappa shape index (κ1) is 14.5. The molecule has 0 saturated carbocycles. The highest BCUT2D eigenvalue weighted by Crippen LogP contribution is 2.37. The number of phenolic OH excluding ortho intramolecular Hbond substituents is 1. The van der Waals surface area contributed by atoms with Crippen molar-refractivity contribution in [3.8, 4) is 11.5 Å². The Hall–Kier alpha value is -2.57. The summed E-state index contributed by atoms with van der Waals surface area (Å²) < 4.78 is 9.64. The third-order valence-corrected chi connectivity index (χ3v) is 2.15. The number of esters is 1. The average Bonchev–Trinajstić information content (AvgIpc) is 2.36. The molecule has 0 aliphatic heterocycles. The molecule has 0 bridgehead atoms. The van der Waals surface area contributed by atoms with Crippen LogP contribution < -0.4 is 4.74 Å². The van der Waals surface area contributed by atoms with Gasteiger partial charge in [-0.2, -0.15) is 0 Å². The van der Waals surface area contributed by atoms with Crippen LogP contribution in [0.25, 0.3) is 0 Å². The molecule has 0 aliphatic rings. The Balaban J connectivity index is 3.27. The van der Waals surface area contributed by atoms with Crippen LogP contribution in [0, 0.1) is 10.1 Å². The number of hydrogen-bond donors (Lipinski definition) is 1. The summed E-state index contributed by atoms with van der Waals surface area (Å²) in [5, 5.41) is 20.5. The summed E-state index contributed by atoms with van der Waals surface area (Å²) in [7, 11) is 1.15. The number of carbonyl (C=O) groups excluding carboxylic acids is 1. The molecule has 0 fully saturated rings. The summed E-state index contributed by atoms with van der Waals surface area (Å²) in [6.45, 7) is 5.35. The monoisotopic (exact) mass is 267 g/mol. The molecule has 0 spiro atoms. The van der Waals surface area contributed by atoms with Crippen molar-refractivity contribution >= 4 is 11.7 Å². The van der Waals surface area contributed by atoms with Crippen LogP contribution in [0.3, 0.4) is 0 Å². The number of nitro groups is 1. The van der Waals surface area contributed by atoms with Crippen molar-refractivity contribution in [2.24, 2.45) is 0 Å². The van der Waals surface area contributed by atoms with E-state index in [9.17, 15) is 20.0 Å². The second kappa shape index (κ2) is 5.85. The van der Waals surface area contributed by atoms with Crippen LogP contribution in [0.1, 0.15) is 17.3 Å². The van der Waals surface area contributed by atoms with Crippen LogP contribution in [-0.2, 0) is 4.74 Å². The van der Waals surface area contributed by atoms with Crippen LogP contribution in [0.4, 0.5) is 5.69 Å². The van der Waals surface area contributed by atoms with E-state index in [1.807, 2.05) is 0 Å². The van der Waals surface area contributed by atoms with E-state index in [4.69, 9.17) is 4.74 Å². The van der Waals surface area contributed by atoms with Crippen LogP contribution in [0.15, 0.2) is 24.3 Å². The number of carbonyl (C=O) groups is 1. The summed E-state index contributed by atoms with van der Waals surface area (Å²) in [5.74, 6) is -1.57. The molecule has 0 unspecified atom stereocenters. The zero-order valence-electron chi connectivity index (χ0n) is 10.5.